The zero-order valence-corrected chi connectivity index (χ0v) is 13.9. The molecule has 0 saturated carbocycles. The Morgan fingerprint density at radius 1 is 1.22 bits per heavy atom. The standard InChI is InChI=1S/C16H12F3N7O/c1-7-2-10(24-15(20)23-7)8-3-11-13(21-4-8)12-9(5-22-25-12)14(27)26(11)6-16(17,18)19/h2-5H,6H2,1H3,(H,22,25)(H2,20,23,24). The molecule has 0 atom stereocenters. The zero-order chi connectivity index (χ0) is 19.3. The average molecular weight is 375 g/mol. The quantitative estimate of drug-likeness (QED) is 0.555. The van der Waals surface area contributed by atoms with Gasteiger partial charge in [0.25, 0.3) is 5.56 Å². The van der Waals surface area contributed by atoms with Crippen LogP contribution in [0.25, 0.3) is 33.2 Å². The third-order valence-electron chi connectivity index (χ3n) is 4.01. The first-order valence-corrected chi connectivity index (χ1v) is 7.77. The first-order valence-electron chi connectivity index (χ1n) is 7.77. The number of rotatable bonds is 2. The van der Waals surface area contributed by atoms with Gasteiger partial charge in [0.1, 0.15) is 12.1 Å². The molecule has 0 aromatic carbocycles. The zero-order valence-electron chi connectivity index (χ0n) is 13.9. The van der Waals surface area contributed by atoms with Crippen LogP contribution in [0, 0.1) is 6.92 Å². The molecule has 11 heteroatoms. The predicted molar refractivity (Wildman–Crippen MR) is 91.9 cm³/mol. The molecule has 0 spiro atoms. The molecule has 138 valence electrons. The van der Waals surface area contributed by atoms with Crippen molar-refractivity contribution in [3.8, 4) is 11.3 Å². The normalized spacial score (nSPS) is 12.1. The highest BCUT2D eigenvalue weighted by Crippen LogP contribution is 2.27. The summed E-state index contributed by atoms with van der Waals surface area (Å²) in [6.07, 6.45) is -1.94. The van der Waals surface area contributed by atoms with Gasteiger partial charge in [-0.25, -0.2) is 9.97 Å². The molecule has 0 radical (unpaired) electrons. The molecule has 0 bridgehead atoms. The van der Waals surface area contributed by atoms with Gasteiger partial charge in [-0.1, -0.05) is 0 Å². The monoisotopic (exact) mass is 375 g/mol. The number of hydrogen-bond donors (Lipinski definition) is 2. The lowest BCUT2D eigenvalue weighted by Crippen LogP contribution is -2.28. The van der Waals surface area contributed by atoms with Crippen LogP contribution in [-0.2, 0) is 6.54 Å². The number of nitrogens with two attached hydrogens (primary N) is 1. The SMILES string of the molecule is Cc1cc(-c2cnc3c4[nH]ncc4c(=O)n(CC(F)(F)F)c3c2)nc(N)n1. The largest absolute Gasteiger partial charge is 0.406 e. The maximum absolute atomic E-state index is 13.1. The third-order valence-corrected chi connectivity index (χ3v) is 4.01. The van der Waals surface area contributed by atoms with E-state index in [0.717, 1.165) is 0 Å². The molecule has 0 aliphatic heterocycles. The number of nitrogens with zero attached hydrogens (tertiary/aromatic N) is 5. The Balaban J connectivity index is 2.05. The Kier molecular flexibility index (Phi) is 3.61. The van der Waals surface area contributed by atoms with Crippen LogP contribution in [0.1, 0.15) is 5.69 Å². The van der Waals surface area contributed by atoms with Gasteiger partial charge in [0, 0.05) is 17.5 Å². The number of pyridine rings is 2. The summed E-state index contributed by atoms with van der Waals surface area (Å²) in [5, 5.41) is 6.41. The van der Waals surface area contributed by atoms with E-state index in [9.17, 15) is 18.0 Å². The van der Waals surface area contributed by atoms with E-state index in [2.05, 4.69) is 25.1 Å². The molecule has 27 heavy (non-hydrogen) atoms. The smallest absolute Gasteiger partial charge is 0.368 e. The Bertz CT molecular complexity index is 1220. The van der Waals surface area contributed by atoms with Crippen molar-refractivity contribution in [2.45, 2.75) is 19.6 Å². The van der Waals surface area contributed by atoms with Crippen molar-refractivity contribution in [1.82, 2.24) is 29.7 Å². The highest BCUT2D eigenvalue weighted by molar-refractivity contribution is 6.01. The molecule has 0 amide bonds. The minimum absolute atomic E-state index is 0.0152. The molecule has 3 N–H and O–H groups in total. The molecule has 4 aromatic rings. The number of fused-ring (bicyclic) bond motifs is 3. The van der Waals surface area contributed by atoms with Crippen LogP contribution >= 0.6 is 0 Å². The van der Waals surface area contributed by atoms with Crippen molar-refractivity contribution < 1.29 is 13.2 Å². The van der Waals surface area contributed by atoms with Gasteiger partial charge in [0.2, 0.25) is 5.95 Å². The fraction of sp³-hybridized carbons (Fsp3) is 0.188. The van der Waals surface area contributed by atoms with Crippen LogP contribution in [0.2, 0.25) is 0 Å². The molecule has 0 unspecified atom stereocenters. The van der Waals surface area contributed by atoms with Crippen molar-refractivity contribution in [3.05, 3.63) is 40.6 Å². The summed E-state index contributed by atoms with van der Waals surface area (Å²) in [6, 6.07) is 3.05. The second-order valence-corrected chi connectivity index (χ2v) is 6.01. The lowest BCUT2D eigenvalue weighted by molar-refractivity contribution is -0.140. The minimum Gasteiger partial charge on any atom is -0.368 e. The number of halogens is 3. The highest BCUT2D eigenvalue weighted by Gasteiger charge is 2.30. The molecule has 0 saturated heterocycles. The van der Waals surface area contributed by atoms with E-state index < -0.39 is 18.3 Å². The highest BCUT2D eigenvalue weighted by atomic mass is 19.4. The van der Waals surface area contributed by atoms with Crippen molar-refractivity contribution in [2.24, 2.45) is 0 Å². The Hall–Kier alpha value is -3.50. The molecule has 0 aliphatic rings. The van der Waals surface area contributed by atoms with Gasteiger partial charge >= 0.3 is 6.18 Å². The van der Waals surface area contributed by atoms with E-state index in [-0.39, 0.29) is 27.9 Å². The van der Waals surface area contributed by atoms with E-state index >= 15 is 0 Å². The molecule has 4 heterocycles. The van der Waals surface area contributed by atoms with E-state index in [1.54, 1.807) is 13.0 Å². The van der Waals surface area contributed by atoms with Crippen LogP contribution < -0.4 is 11.3 Å². The predicted octanol–water partition coefficient (Wildman–Crippen LogP) is 2.18. The Morgan fingerprint density at radius 2 is 2.00 bits per heavy atom. The van der Waals surface area contributed by atoms with Gasteiger partial charge in [0.15, 0.2) is 0 Å². The van der Waals surface area contributed by atoms with Gasteiger partial charge in [-0.2, -0.15) is 18.3 Å². The maximum Gasteiger partial charge on any atom is 0.406 e. The van der Waals surface area contributed by atoms with Crippen LogP contribution in [0.5, 0.6) is 0 Å². The Labute approximate surface area is 148 Å². The minimum atomic E-state index is -4.58. The number of alkyl halides is 3. The summed E-state index contributed by atoms with van der Waals surface area (Å²) in [6.45, 7) is 0.267. The average Bonchev–Trinajstić information content (AvgIpc) is 3.06. The van der Waals surface area contributed by atoms with Crippen molar-refractivity contribution in [3.63, 3.8) is 0 Å². The van der Waals surface area contributed by atoms with Gasteiger partial charge in [0.05, 0.1) is 28.3 Å². The van der Waals surface area contributed by atoms with Gasteiger partial charge in [-0.15, -0.1) is 0 Å². The number of nitrogen functional groups attached to an aromatic ring is 1. The third kappa shape index (κ3) is 2.96. The van der Waals surface area contributed by atoms with Crippen molar-refractivity contribution >= 4 is 27.9 Å². The summed E-state index contributed by atoms with van der Waals surface area (Å²) in [5.74, 6) is 0.0294. The second kappa shape index (κ2) is 5.76. The summed E-state index contributed by atoms with van der Waals surface area (Å²) < 4.78 is 39.8. The topological polar surface area (TPSA) is 115 Å². The van der Waals surface area contributed by atoms with Crippen LogP contribution in [0.4, 0.5) is 19.1 Å². The fourth-order valence-corrected chi connectivity index (χ4v) is 2.95. The maximum atomic E-state index is 13.1. The number of aromatic nitrogens is 6. The van der Waals surface area contributed by atoms with Crippen LogP contribution in [0.15, 0.2) is 29.3 Å². The Morgan fingerprint density at radius 3 is 2.70 bits per heavy atom. The van der Waals surface area contributed by atoms with Gasteiger partial charge in [-0.3, -0.25) is 19.4 Å². The van der Waals surface area contributed by atoms with E-state index in [1.165, 1.54) is 18.5 Å². The first-order chi connectivity index (χ1) is 12.7. The molecule has 0 fully saturated rings. The summed E-state index contributed by atoms with van der Waals surface area (Å²) >= 11 is 0. The van der Waals surface area contributed by atoms with Crippen LogP contribution in [0.3, 0.4) is 0 Å². The van der Waals surface area contributed by atoms with E-state index in [0.29, 0.717) is 21.5 Å². The lowest BCUT2D eigenvalue weighted by atomic mass is 10.1. The molecule has 4 aromatic heterocycles. The van der Waals surface area contributed by atoms with Crippen LogP contribution in [-0.4, -0.2) is 35.9 Å². The molecule has 4 rings (SSSR count). The van der Waals surface area contributed by atoms with Crippen molar-refractivity contribution in [1.29, 1.82) is 0 Å². The van der Waals surface area contributed by atoms with E-state index in [4.69, 9.17) is 5.73 Å². The number of H-pyrrole nitrogens is 1. The summed E-state index contributed by atoms with van der Waals surface area (Å²) in [5.41, 5.74) is 6.73. The summed E-state index contributed by atoms with van der Waals surface area (Å²) in [7, 11) is 0. The number of hydrogen-bond acceptors (Lipinski definition) is 6. The number of aryl methyl sites for hydroxylation is 1. The molecular formula is C16H12F3N7O. The lowest BCUT2D eigenvalue weighted by Gasteiger charge is -2.14. The molecular weight excluding hydrogens is 363 g/mol. The summed E-state index contributed by atoms with van der Waals surface area (Å²) in [4.78, 5) is 24.9. The molecule has 8 nitrogen and oxygen atoms in total. The molecule has 0 aliphatic carbocycles. The second-order valence-electron chi connectivity index (χ2n) is 6.01. The van der Waals surface area contributed by atoms with Gasteiger partial charge in [-0.05, 0) is 19.1 Å². The van der Waals surface area contributed by atoms with Gasteiger partial charge < -0.3 is 5.73 Å². The number of aromatic amines is 1. The number of nitrogens with one attached hydrogen (secondary N) is 1. The fourth-order valence-electron chi connectivity index (χ4n) is 2.95. The van der Waals surface area contributed by atoms with Crippen molar-refractivity contribution in [2.75, 3.05) is 5.73 Å². The number of anilines is 1. The first kappa shape index (κ1) is 16.9. The van der Waals surface area contributed by atoms with E-state index in [1.807, 2.05) is 0 Å².